The molecule has 0 saturated heterocycles. The van der Waals surface area contributed by atoms with Crippen LogP contribution < -0.4 is 0 Å². The van der Waals surface area contributed by atoms with E-state index < -0.39 is 0 Å². The van der Waals surface area contributed by atoms with Gasteiger partial charge in [0.15, 0.2) is 0 Å². The summed E-state index contributed by atoms with van der Waals surface area (Å²) in [6.45, 7) is 20.6. The fourth-order valence-electron chi connectivity index (χ4n) is 8.73. The molecule has 2 fully saturated rings. The number of ether oxygens (including phenoxy) is 1. The molecule has 3 rings (SSSR count). The lowest BCUT2D eigenvalue weighted by Gasteiger charge is -2.60. The van der Waals surface area contributed by atoms with Gasteiger partial charge in [0.2, 0.25) is 0 Å². The Bertz CT molecular complexity index is 838. The number of rotatable bonds is 9. The van der Waals surface area contributed by atoms with E-state index in [0.717, 1.165) is 25.7 Å². The highest BCUT2D eigenvalue weighted by atomic mass is 16.5. The Hall–Kier alpha value is -1.38. The van der Waals surface area contributed by atoms with E-state index in [9.17, 15) is 9.59 Å². The molecule has 7 atom stereocenters. The van der Waals surface area contributed by atoms with Crippen LogP contribution in [-0.4, -0.2) is 18.9 Å². The minimum Gasteiger partial charge on any atom is -0.469 e. The third-order valence-electron chi connectivity index (χ3n) is 10.7. The second kappa shape index (κ2) is 9.94. The first-order chi connectivity index (χ1) is 15.8. The molecule has 7 unspecified atom stereocenters. The van der Waals surface area contributed by atoms with Gasteiger partial charge in [0.05, 0.1) is 7.11 Å². The summed E-state index contributed by atoms with van der Waals surface area (Å²) in [4.78, 5) is 24.8. The highest BCUT2D eigenvalue weighted by molar-refractivity contribution is 5.78. The molecule has 2 saturated carbocycles. The van der Waals surface area contributed by atoms with Crippen LogP contribution in [0.25, 0.3) is 0 Å². The Kier molecular flexibility index (Phi) is 7.95. The summed E-state index contributed by atoms with van der Waals surface area (Å²) in [6, 6.07) is 0. The second-order valence-corrected chi connectivity index (χ2v) is 13.2. The molecule has 0 aliphatic heterocycles. The third kappa shape index (κ3) is 4.58. The van der Waals surface area contributed by atoms with Gasteiger partial charge >= 0.3 is 5.97 Å². The molecule has 0 aromatic rings. The topological polar surface area (TPSA) is 43.4 Å². The monoisotopic (exact) mass is 470 g/mol. The largest absolute Gasteiger partial charge is 0.469 e. The van der Waals surface area contributed by atoms with Crippen LogP contribution in [0.15, 0.2) is 23.8 Å². The van der Waals surface area contributed by atoms with Crippen molar-refractivity contribution in [1.82, 2.24) is 0 Å². The predicted molar refractivity (Wildman–Crippen MR) is 140 cm³/mol. The highest BCUT2D eigenvalue weighted by Gasteiger charge is 2.63. The number of methoxy groups -OCH3 is 1. The smallest absolute Gasteiger partial charge is 0.305 e. The van der Waals surface area contributed by atoms with Gasteiger partial charge in [0, 0.05) is 19.3 Å². The minimum atomic E-state index is -0.114. The van der Waals surface area contributed by atoms with Crippen molar-refractivity contribution in [3.05, 3.63) is 23.8 Å². The lowest BCUT2D eigenvalue weighted by molar-refractivity contribution is -0.141. The maximum absolute atomic E-state index is 12.7. The quantitative estimate of drug-likeness (QED) is 0.254. The van der Waals surface area contributed by atoms with E-state index in [1.165, 1.54) is 31.9 Å². The Morgan fingerprint density at radius 1 is 1.09 bits per heavy atom. The molecule has 0 spiro atoms. The zero-order valence-electron chi connectivity index (χ0n) is 23.3. The van der Waals surface area contributed by atoms with Crippen molar-refractivity contribution in [2.24, 2.45) is 45.8 Å². The summed E-state index contributed by atoms with van der Waals surface area (Å²) in [7, 11) is 1.49. The van der Waals surface area contributed by atoms with Gasteiger partial charge in [-0.3, -0.25) is 9.59 Å². The van der Waals surface area contributed by atoms with E-state index in [1.54, 1.807) is 5.57 Å². The molecule has 0 amide bonds. The molecule has 192 valence electrons. The second-order valence-electron chi connectivity index (χ2n) is 13.2. The third-order valence-corrected chi connectivity index (χ3v) is 10.7. The van der Waals surface area contributed by atoms with Gasteiger partial charge in [-0.2, -0.15) is 0 Å². The molecule has 3 aliphatic rings. The van der Waals surface area contributed by atoms with Crippen LogP contribution in [0, 0.1) is 45.8 Å². The number of carbonyl (C=O) groups is 2. The number of Topliss-reactive ketones (excluding diaryl/α,β-unsaturated/α-hetero) is 1. The maximum atomic E-state index is 12.7. The molecule has 0 aromatic carbocycles. The standard InChI is InChI=1S/C31H50O3/c1-20(2)18-23(32)19-22(5)25-12-16-31(8)27-11-10-24(21(3)4)29(6,15-14-28(33)34-9)26(27)13-17-30(25,31)7/h13,20,22,24-25,27H,3,10-12,14-19H2,1-2,4-9H3. The molecule has 0 bridgehead atoms. The van der Waals surface area contributed by atoms with E-state index in [0.29, 0.717) is 48.2 Å². The number of hydrogen-bond acceptors (Lipinski definition) is 3. The first-order valence-electron chi connectivity index (χ1n) is 13.7. The lowest BCUT2D eigenvalue weighted by atomic mass is 9.44. The number of hydrogen-bond donors (Lipinski definition) is 0. The van der Waals surface area contributed by atoms with Crippen molar-refractivity contribution in [3.8, 4) is 0 Å². The van der Waals surface area contributed by atoms with Gasteiger partial charge in [-0.1, -0.05) is 65.3 Å². The SMILES string of the molecule is C=C(C)C1CCC2C(=CCC3(C)C(C(C)CC(=O)CC(C)C)CCC23C)C1(C)CCC(=O)OC. The lowest BCUT2D eigenvalue weighted by Crippen LogP contribution is -2.52. The van der Waals surface area contributed by atoms with Gasteiger partial charge in [-0.15, -0.1) is 0 Å². The summed E-state index contributed by atoms with van der Waals surface area (Å²) in [5.74, 6) is 2.75. The summed E-state index contributed by atoms with van der Waals surface area (Å²) < 4.78 is 5.01. The zero-order chi connectivity index (χ0) is 25.5. The summed E-state index contributed by atoms with van der Waals surface area (Å²) >= 11 is 0. The van der Waals surface area contributed by atoms with Crippen LogP contribution in [0.4, 0.5) is 0 Å². The molecule has 0 heterocycles. The van der Waals surface area contributed by atoms with E-state index >= 15 is 0 Å². The summed E-state index contributed by atoms with van der Waals surface area (Å²) in [6.07, 6.45) is 11.2. The number of ketones is 1. The van der Waals surface area contributed by atoms with Gasteiger partial charge in [-0.25, -0.2) is 0 Å². The van der Waals surface area contributed by atoms with Gasteiger partial charge in [-0.05, 0) is 91.3 Å². The molecule has 0 radical (unpaired) electrons. The van der Waals surface area contributed by atoms with Gasteiger partial charge in [0.1, 0.15) is 5.78 Å². The number of esters is 1. The summed E-state index contributed by atoms with van der Waals surface area (Å²) in [5, 5.41) is 0. The Morgan fingerprint density at radius 3 is 2.35 bits per heavy atom. The molecular weight excluding hydrogens is 420 g/mol. The first-order valence-corrected chi connectivity index (χ1v) is 13.7. The summed E-state index contributed by atoms with van der Waals surface area (Å²) in [5.41, 5.74) is 3.25. The molecule has 0 aromatic heterocycles. The van der Waals surface area contributed by atoms with Crippen LogP contribution in [0.1, 0.15) is 106 Å². The van der Waals surface area contributed by atoms with Crippen LogP contribution in [0.5, 0.6) is 0 Å². The normalized spacial score (nSPS) is 38.0. The zero-order valence-corrected chi connectivity index (χ0v) is 23.3. The van der Waals surface area contributed by atoms with Crippen molar-refractivity contribution in [2.75, 3.05) is 7.11 Å². The number of fused-ring (bicyclic) bond motifs is 3. The fourth-order valence-corrected chi connectivity index (χ4v) is 8.73. The molecular formula is C31H50O3. The van der Waals surface area contributed by atoms with Crippen LogP contribution in [-0.2, 0) is 14.3 Å². The molecule has 3 nitrogen and oxygen atoms in total. The average Bonchev–Trinajstić information content (AvgIpc) is 3.03. The molecule has 34 heavy (non-hydrogen) atoms. The van der Waals surface area contributed by atoms with Crippen molar-refractivity contribution in [1.29, 1.82) is 0 Å². The minimum absolute atomic E-state index is 0.0375. The molecule has 3 heteroatoms. The average molecular weight is 471 g/mol. The van der Waals surface area contributed by atoms with Crippen LogP contribution in [0.3, 0.4) is 0 Å². The van der Waals surface area contributed by atoms with Crippen molar-refractivity contribution in [3.63, 3.8) is 0 Å². The van der Waals surface area contributed by atoms with Gasteiger partial charge in [0.25, 0.3) is 0 Å². The van der Waals surface area contributed by atoms with E-state index in [2.05, 4.69) is 61.1 Å². The maximum Gasteiger partial charge on any atom is 0.305 e. The fraction of sp³-hybridized carbons (Fsp3) is 0.806. The Balaban J connectivity index is 1.92. The van der Waals surface area contributed by atoms with Crippen molar-refractivity contribution < 1.29 is 14.3 Å². The number of carbonyl (C=O) groups excluding carboxylic acids is 2. The Labute approximate surface area is 209 Å². The highest BCUT2D eigenvalue weighted by Crippen LogP contribution is 2.71. The van der Waals surface area contributed by atoms with E-state index in [-0.39, 0.29) is 22.2 Å². The van der Waals surface area contributed by atoms with Gasteiger partial charge < -0.3 is 4.74 Å². The predicted octanol–water partition coefficient (Wildman–Crippen LogP) is 7.94. The van der Waals surface area contributed by atoms with E-state index in [4.69, 9.17) is 4.74 Å². The Morgan fingerprint density at radius 2 is 1.76 bits per heavy atom. The van der Waals surface area contributed by atoms with Crippen molar-refractivity contribution >= 4 is 11.8 Å². The van der Waals surface area contributed by atoms with Crippen LogP contribution in [0.2, 0.25) is 0 Å². The van der Waals surface area contributed by atoms with Crippen molar-refractivity contribution in [2.45, 2.75) is 106 Å². The van der Waals surface area contributed by atoms with E-state index in [1.807, 2.05) is 0 Å². The molecule has 0 N–H and O–H groups in total. The molecule has 3 aliphatic carbocycles. The number of allylic oxidation sites excluding steroid dienone is 3. The van der Waals surface area contributed by atoms with Crippen LogP contribution >= 0.6 is 0 Å². The first kappa shape index (κ1) is 27.2.